The standard InChI is InChI=1S/C16H16Cl3NO/c1-20-15(7-10-5-3-4-6-12(10)17)11-8-14(19)16(21-2)9-13(11)18/h3-6,8-9,15,20H,7H2,1-2H3. The Morgan fingerprint density at radius 1 is 1.05 bits per heavy atom. The van der Waals surface area contributed by atoms with Gasteiger partial charge in [-0.3, -0.25) is 0 Å². The third-order valence-corrected chi connectivity index (χ3v) is 4.37. The van der Waals surface area contributed by atoms with Gasteiger partial charge in [0.25, 0.3) is 0 Å². The molecule has 2 nitrogen and oxygen atoms in total. The van der Waals surface area contributed by atoms with Crippen molar-refractivity contribution in [2.45, 2.75) is 12.5 Å². The number of likely N-dealkylation sites (N-methyl/N-ethyl adjacent to an activating group) is 1. The van der Waals surface area contributed by atoms with Gasteiger partial charge >= 0.3 is 0 Å². The maximum absolute atomic E-state index is 6.35. The molecule has 0 saturated carbocycles. The van der Waals surface area contributed by atoms with Gasteiger partial charge in [0, 0.05) is 22.2 Å². The highest BCUT2D eigenvalue weighted by Gasteiger charge is 2.17. The van der Waals surface area contributed by atoms with Gasteiger partial charge in [0.1, 0.15) is 5.75 Å². The molecule has 0 aliphatic carbocycles. The van der Waals surface area contributed by atoms with E-state index in [1.807, 2.05) is 37.4 Å². The molecule has 0 aliphatic heterocycles. The molecule has 2 rings (SSSR count). The second-order valence-corrected chi connectivity index (χ2v) is 5.87. The Morgan fingerprint density at radius 2 is 1.76 bits per heavy atom. The number of nitrogens with one attached hydrogen (secondary N) is 1. The quantitative estimate of drug-likeness (QED) is 0.809. The van der Waals surface area contributed by atoms with Crippen LogP contribution in [-0.4, -0.2) is 14.2 Å². The van der Waals surface area contributed by atoms with Gasteiger partial charge in [-0.15, -0.1) is 0 Å². The number of rotatable bonds is 5. The first-order valence-corrected chi connectivity index (χ1v) is 7.63. The Kier molecular flexibility index (Phi) is 5.77. The average Bonchev–Trinajstić information content (AvgIpc) is 2.48. The third kappa shape index (κ3) is 3.83. The van der Waals surface area contributed by atoms with E-state index in [4.69, 9.17) is 39.5 Å². The minimum atomic E-state index is 0.0146. The Balaban J connectivity index is 2.34. The van der Waals surface area contributed by atoms with E-state index in [2.05, 4.69) is 5.32 Å². The molecule has 2 aromatic carbocycles. The van der Waals surface area contributed by atoms with Gasteiger partial charge in [0.15, 0.2) is 0 Å². The number of hydrogen-bond acceptors (Lipinski definition) is 2. The molecule has 112 valence electrons. The first-order chi connectivity index (χ1) is 10.1. The molecule has 2 aromatic rings. The van der Waals surface area contributed by atoms with Crippen molar-refractivity contribution in [1.82, 2.24) is 5.32 Å². The van der Waals surface area contributed by atoms with E-state index in [1.165, 1.54) is 0 Å². The fourth-order valence-electron chi connectivity index (χ4n) is 2.22. The zero-order valence-electron chi connectivity index (χ0n) is 11.8. The summed E-state index contributed by atoms with van der Waals surface area (Å²) in [5, 5.41) is 5.15. The lowest BCUT2D eigenvalue weighted by molar-refractivity contribution is 0.414. The van der Waals surface area contributed by atoms with E-state index in [9.17, 15) is 0 Å². The fourth-order valence-corrected chi connectivity index (χ4v) is 2.97. The summed E-state index contributed by atoms with van der Waals surface area (Å²) >= 11 is 18.8. The molecule has 0 heterocycles. The summed E-state index contributed by atoms with van der Waals surface area (Å²) in [7, 11) is 3.45. The van der Waals surface area contributed by atoms with Crippen LogP contribution in [0.5, 0.6) is 5.75 Å². The highest BCUT2D eigenvalue weighted by atomic mass is 35.5. The van der Waals surface area contributed by atoms with E-state index >= 15 is 0 Å². The van der Waals surface area contributed by atoms with E-state index < -0.39 is 0 Å². The molecular formula is C16H16Cl3NO. The Morgan fingerprint density at radius 3 is 2.38 bits per heavy atom. The van der Waals surface area contributed by atoms with E-state index in [-0.39, 0.29) is 6.04 Å². The highest BCUT2D eigenvalue weighted by molar-refractivity contribution is 6.34. The van der Waals surface area contributed by atoms with Crippen LogP contribution in [0.1, 0.15) is 17.2 Å². The summed E-state index contributed by atoms with van der Waals surface area (Å²) in [5.41, 5.74) is 1.98. The van der Waals surface area contributed by atoms with Crippen molar-refractivity contribution in [3.05, 3.63) is 62.6 Å². The lowest BCUT2D eigenvalue weighted by Gasteiger charge is -2.20. The first-order valence-electron chi connectivity index (χ1n) is 6.50. The van der Waals surface area contributed by atoms with Crippen LogP contribution in [-0.2, 0) is 6.42 Å². The third-order valence-electron chi connectivity index (χ3n) is 3.38. The summed E-state index contributed by atoms with van der Waals surface area (Å²) in [6, 6.07) is 11.4. The maximum atomic E-state index is 6.35. The molecule has 0 saturated heterocycles. The molecule has 0 fully saturated rings. The van der Waals surface area contributed by atoms with Crippen molar-refractivity contribution in [2.75, 3.05) is 14.2 Å². The van der Waals surface area contributed by atoms with Crippen LogP contribution < -0.4 is 10.1 Å². The molecule has 0 aliphatic rings. The molecule has 0 spiro atoms. The zero-order valence-corrected chi connectivity index (χ0v) is 14.1. The molecule has 21 heavy (non-hydrogen) atoms. The first kappa shape index (κ1) is 16.4. The summed E-state index contributed by atoms with van der Waals surface area (Å²) < 4.78 is 5.17. The fraction of sp³-hybridized carbons (Fsp3) is 0.250. The molecular weight excluding hydrogens is 329 g/mol. The minimum Gasteiger partial charge on any atom is -0.495 e. The van der Waals surface area contributed by atoms with Crippen molar-refractivity contribution < 1.29 is 4.74 Å². The van der Waals surface area contributed by atoms with Gasteiger partial charge in [0.2, 0.25) is 0 Å². The largest absolute Gasteiger partial charge is 0.495 e. The normalized spacial score (nSPS) is 12.2. The molecule has 1 atom stereocenters. The molecule has 0 bridgehead atoms. The second kappa shape index (κ2) is 7.37. The zero-order chi connectivity index (χ0) is 15.4. The number of benzene rings is 2. The lowest BCUT2D eigenvalue weighted by Crippen LogP contribution is -2.19. The number of hydrogen-bond donors (Lipinski definition) is 1. The van der Waals surface area contributed by atoms with Crippen molar-refractivity contribution in [2.24, 2.45) is 0 Å². The van der Waals surface area contributed by atoms with Gasteiger partial charge in [0.05, 0.1) is 12.1 Å². The lowest BCUT2D eigenvalue weighted by atomic mass is 9.98. The topological polar surface area (TPSA) is 21.3 Å². The minimum absolute atomic E-state index is 0.0146. The van der Waals surface area contributed by atoms with Gasteiger partial charge in [-0.05, 0) is 36.7 Å². The number of methoxy groups -OCH3 is 1. The van der Waals surface area contributed by atoms with Crippen LogP contribution in [0.3, 0.4) is 0 Å². The molecule has 1 unspecified atom stereocenters. The summed E-state index contributed by atoms with van der Waals surface area (Å²) in [5.74, 6) is 0.568. The molecule has 0 radical (unpaired) electrons. The van der Waals surface area contributed by atoms with Gasteiger partial charge < -0.3 is 10.1 Å². The predicted molar refractivity (Wildman–Crippen MR) is 90.0 cm³/mol. The van der Waals surface area contributed by atoms with Crippen LogP contribution >= 0.6 is 34.8 Å². The Bertz CT molecular complexity index is 631. The highest BCUT2D eigenvalue weighted by Crippen LogP contribution is 2.35. The summed E-state index contributed by atoms with van der Waals surface area (Å²) in [6.07, 6.45) is 0.721. The van der Waals surface area contributed by atoms with Crippen LogP contribution in [0, 0.1) is 0 Å². The van der Waals surface area contributed by atoms with Crippen LogP contribution in [0.15, 0.2) is 36.4 Å². The van der Waals surface area contributed by atoms with E-state index in [1.54, 1.807) is 13.2 Å². The Hall–Kier alpha value is -0.930. The monoisotopic (exact) mass is 343 g/mol. The van der Waals surface area contributed by atoms with Crippen LogP contribution in [0.4, 0.5) is 0 Å². The molecule has 5 heteroatoms. The predicted octanol–water partition coefficient (Wildman–Crippen LogP) is 5.16. The van der Waals surface area contributed by atoms with Crippen LogP contribution in [0.25, 0.3) is 0 Å². The Labute approximate surface area is 140 Å². The van der Waals surface area contributed by atoms with E-state index in [0.29, 0.717) is 15.8 Å². The maximum Gasteiger partial charge on any atom is 0.138 e. The van der Waals surface area contributed by atoms with Crippen molar-refractivity contribution in [1.29, 1.82) is 0 Å². The van der Waals surface area contributed by atoms with Crippen molar-refractivity contribution in [3.8, 4) is 5.75 Å². The van der Waals surface area contributed by atoms with Crippen molar-refractivity contribution >= 4 is 34.8 Å². The number of ether oxygens (including phenoxy) is 1. The SMILES string of the molecule is CNC(Cc1ccccc1Cl)c1cc(Cl)c(OC)cc1Cl. The molecule has 1 N–H and O–H groups in total. The number of halogens is 3. The van der Waals surface area contributed by atoms with Gasteiger partial charge in [-0.1, -0.05) is 53.0 Å². The average molecular weight is 345 g/mol. The van der Waals surface area contributed by atoms with Crippen molar-refractivity contribution in [3.63, 3.8) is 0 Å². The van der Waals surface area contributed by atoms with Gasteiger partial charge in [-0.2, -0.15) is 0 Å². The van der Waals surface area contributed by atoms with Crippen LogP contribution in [0.2, 0.25) is 15.1 Å². The molecule has 0 aromatic heterocycles. The van der Waals surface area contributed by atoms with Gasteiger partial charge in [-0.25, -0.2) is 0 Å². The smallest absolute Gasteiger partial charge is 0.138 e. The van der Waals surface area contributed by atoms with E-state index in [0.717, 1.165) is 22.6 Å². The second-order valence-electron chi connectivity index (χ2n) is 4.65. The summed E-state index contributed by atoms with van der Waals surface area (Å²) in [6.45, 7) is 0. The summed E-state index contributed by atoms with van der Waals surface area (Å²) in [4.78, 5) is 0. The molecule has 0 amide bonds.